The molecule has 1 fully saturated rings. The highest BCUT2D eigenvalue weighted by atomic mass is 79.9. The van der Waals surface area contributed by atoms with Crippen LogP contribution in [0.5, 0.6) is 0 Å². The number of aromatic nitrogens is 2. The van der Waals surface area contributed by atoms with Gasteiger partial charge in [-0.3, -0.25) is 9.69 Å². The Kier molecular flexibility index (Phi) is 4.95. The maximum absolute atomic E-state index is 10.8. The predicted octanol–water partition coefficient (Wildman–Crippen LogP) is 1.25. The van der Waals surface area contributed by atoms with Crippen molar-refractivity contribution in [2.24, 2.45) is 5.73 Å². The van der Waals surface area contributed by atoms with Crippen molar-refractivity contribution in [2.75, 3.05) is 25.0 Å². The number of hydrogen-bond acceptors (Lipinski definition) is 5. The van der Waals surface area contributed by atoms with Crippen LogP contribution in [0.4, 0.5) is 5.82 Å². The number of carbonyl (C=O) groups is 1. The third kappa shape index (κ3) is 4.02. The minimum Gasteiger partial charge on any atom is -0.369 e. The Morgan fingerprint density at radius 3 is 2.84 bits per heavy atom. The topological polar surface area (TPSA) is 84.1 Å². The lowest BCUT2D eigenvalue weighted by Gasteiger charge is -2.31. The molecule has 0 spiro atoms. The maximum Gasteiger partial charge on any atom is 0.231 e. The van der Waals surface area contributed by atoms with E-state index in [1.165, 1.54) is 6.33 Å². The number of hydrogen-bond donors (Lipinski definition) is 2. The molecule has 0 aromatic carbocycles. The van der Waals surface area contributed by atoms with E-state index in [-0.39, 0.29) is 5.91 Å². The summed E-state index contributed by atoms with van der Waals surface area (Å²) in [5.74, 6) is 0.421. The van der Waals surface area contributed by atoms with E-state index in [2.05, 4.69) is 36.1 Å². The highest BCUT2D eigenvalue weighted by Crippen LogP contribution is 2.27. The van der Waals surface area contributed by atoms with Gasteiger partial charge in [0.15, 0.2) is 0 Å². The van der Waals surface area contributed by atoms with Gasteiger partial charge >= 0.3 is 0 Å². The van der Waals surface area contributed by atoms with Crippen LogP contribution in [0.1, 0.15) is 12.8 Å². The first-order valence-corrected chi connectivity index (χ1v) is 7.16. The fraction of sp³-hybridized carbons (Fsp3) is 0.545. The van der Waals surface area contributed by atoms with Gasteiger partial charge in [0, 0.05) is 19.1 Å². The molecule has 1 amide bonds. The van der Waals surface area contributed by atoms with Crippen LogP contribution < -0.4 is 11.1 Å². The standard InChI is InChI=1S/C11H15BrClN5O/c12-9-10(13)15-6-16-11(9)17-7-1-3-18(4-2-7)5-8(14)19/h6-7H,1-5H2,(H2,14,19)(H,15,16,17). The number of anilines is 1. The van der Waals surface area contributed by atoms with E-state index in [0.29, 0.717) is 28.0 Å². The summed E-state index contributed by atoms with van der Waals surface area (Å²) in [4.78, 5) is 21.0. The van der Waals surface area contributed by atoms with Crippen LogP contribution in [0.2, 0.25) is 5.15 Å². The van der Waals surface area contributed by atoms with Crippen LogP contribution in [-0.4, -0.2) is 46.5 Å². The Morgan fingerprint density at radius 2 is 2.21 bits per heavy atom. The van der Waals surface area contributed by atoms with Crippen molar-refractivity contribution in [3.8, 4) is 0 Å². The van der Waals surface area contributed by atoms with E-state index < -0.39 is 0 Å². The van der Waals surface area contributed by atoms with Crippen molar-refractivity contribution in [1.29, 1.82) is 0 Å². The largest absolute Gasteiger partial charge is 0.369 e. The quantitative estimate of drug-likeness (QED) is 0.800. The molecule has 0 bridgehead atoms. The lowest BCUT2D eigenvalue weighted by molar-refractivity contribution is -0.119. The van der Waals surface area contributed by atoms with Gasteiger partial charge in [-0.05, 0) is 28.8 Å². The smallest absolute Gasteiger partial charge is 0.231 e. The highest BCUT2D eigenvalue weighted by molar-refractivity contribution is 9.10. The molecule has 1 saturated heterocycles. The zero-order valence-electron chi connectivity index (χ0n) is 10.3. The van der Waals surface area contributed by atoms with Crippen molar-refractivity contribution < 1.29 is 4.79 Å². The maximum atomic E-state index is 10.8. The fourth-order valence-corrected chi connectivity index (χ4v) is 2.55. The van der Waals surface area contributed by atoms with E-state index in [0.717, 1.165) is 25.9 Å². The second-order valence-corrected chi connectivity index (χ2v) is 5.64. The molecule has 0 saturated carbocycles. The molecule has 1 aromatic rings. The summed E-state index contributed by atoms with van der Waals surface area (Å²) < 4.78 is 0.677. The summed E-state index contributed by atoms with van der Waals surface area (Å²) in [6.45, 7) is 2.02. The molecule has 0 atom stereocenters. The van der Waals surface area contributed by atoms with Gasteiger partial charge < -0.3 is 11.1 Å². The molecule has 19 heavy (non-hydrogen) atoms. The number of piperidine rings is 1. The lowest BCUT2D eigenvalue weighted by atomic mass is 10.1. The summed E-state index contributed by atoms with van der Waals surface area (Å²) in [6, 6.07) is 0.311. The van der Waals surface area contributed by atoms with E-state index in [4.69, 9.17) is 17.3 Å². The lowest BCUT2D eigenvalue weighted by Crippen LogP contribution is -2.43. The second kappa shape index (κ2) is 6.49. The first kappa shape index (κ1) is 14.5. The summed E-state index contributed by atoms with van der Waals surface area (Å²) in [5.41, 5.74) is 5.18. The number of amides is 1. The molecule has 2 rings (SSSR count). The van der Waals surface area contributed by atoms with Crippen molar-refractivity contribution in [1.82, 2.24) is 14.9 Å². The summed E-state index contributed by atoms with van der Waals surface area (Å²) in [6.07, 6.45) is 3.29. The number of primary amides is 1. The molecule has 104 valence electrons. The van der Waals surface area contributed by atoms with Gasteiger partial charge in [-0.15, -0.1) is 0 Å². The van der Waals surface area contributed by atoms with Crippen molar-refractivity contribution in [3.05, 3.63) is 16.0 Å². The van der Waals surface area contributed by atoms with Gasteiger partial charge in [0.2, 0.25) is 5.91 Å². The Bertz CT molecular complexity index is 464. The number of nitrogens with zero attached hydrogens (tertiary/aromatic N) is 3. The molecule has 1 aromatic heterocycles. The third-order valence-corrected chi connectivity index (χ3v) is 4.32. The number of halogens is 2. The Balaban J connectivity index is 1.89. The number of rotatable bonds is 4. The average molecular weight is 349 g/mol. The van der Waals surface area contributed by atoms with Crippen LogP contribution in [0.25, 0.3) is 0 Å². The van der Waals surface area contributed by atoms with Gasteiger partial charge in [0.05, 0.1) is 11.0 Å². The molecular formula is C11H15BrClN5O. The van der Waals surface area contributed by atoms with Gasteiger partial charge in [-0.1, -0.05) is 11.6 Å². The van der Waals surface area contributed by atoms with E-state index in [1.54, 1.807) is 0 Å². The van der Waals surface area contributed by atoms with Crippen LogP contribution in [0.3, 0.4) is 0 Å². The van der Waals surface area contributed by atoms with Gasteiger partial charge in [-0.25, -0.2) is 9.97 Å². The van der Waals surface area contributed by atoms with Gasteiger partial charge in [0.1, 0.15) is 17.3 Å². The molecule has 1 aliphatic heterocycles. The number of nitrogens with two attached hydrogens (primary N) is 1. The first-order valence-electron chi connectivity index (χ1n) is 5.99. The monoisotopic (exact) mass is 347 g/mol. The third-order valence-electron chi connectivity index (χ3n) is 3.05. The molecule has 8 heteroatoms. The van der Waals surface area contributed by atoms with Crippen molar-refractivity contribution in [2.45, 2.75) is 18.9 Å². The van der Waals surface area contributed by atoms with Crippen LogP contribution in [-0.2, 0) is 4.79 Å². The molecule has 0 unspecified atom stereocenters. The highest BCUT2D eigenvalue weighted by Gasteiger charge is 2.21. The number of likely N-dealkylation sites (tertiary alicyclic amines) is 1. The average Bonchev–Trinajstić information content (AvgIpc) is 2.37. The minimum atomic E-state index is -0.281. The van der Waals surface area contributed by atoms with E-state index in [1.807, 2.05) is 0 Å². The molecule has 6 nitrogen and oxygen atoms in total. The van der Waals surface area contributed by atoms with Crippen molar-refractivity contribution in [3.63, 3.8) is 0 Å². The molecule has 1 aliphatic rings. The van der Waals surface area contributed by atoms with E-state index >= 15 is 0 Å². The van der Waals surface area contributed by atoms with E-state index in [9.17, 15) is 4.79 Å². The predicted molar refractivity (Wildman–Crippen MR) is 77.0 cm³/mol. The number of carbonyl (C=O) groups excluding carboxylic acids is 1. The molecule has 2 heterocycles. The number of nitrogens with one attached hydrogen (secondary N) is 1. The van der Waals surface area contributed by atoms with Crippen LogP contribution in [0.15, 0.2) is 10.8 Å². The van der Waals surface area contributed by atoms with Crippen molar-refractivity contribution >= 4 is 39.3 Å². The van der Waals surface area contributed by atoms with Crippen LogP contribution >= 0.6 is 27.5 Å². The zero-order chi connectivity index (χ0) is 13.8. The SMILES string of the molecule is NC(=O)CN1CCC(Nc2ncnc(Cl)c2Br)CC1. The zero-order valence-corrected chi connectivity index (χ0v) is 12.6. The molecule has 3 N–H and O–H groups in total. The fourth-order valence-electron chi connectivity index (χ4n) is 2.10. The van der Waals surface area contributed by atoms with Crippen LogP contribution in [0, 0.1) is 0 Å². The first-order chi connectivity index (χ1) is 9.06. The minimum absolute atomic E-state index is 0.281. The second-order valence-electron chi connectivity index (χ2n) is 4.49. The Morgan fingerprint density at radius 1 is 1.53 bits per heavy atom. The Labute approximate surface area is 124 Å². The van der Waals surface area contributed by atoms with Gasteiger partial charge in [-0.2, -0.15) is 0 Å². The molecule has 0 aliphatic carbocycles. The summed E-state index contributed by atoms with van der Waals surface area (Å²) in [5, 5.41) is 3.73. The summed E-state index contributed by atoms with van der Waals surface area (Å²) in [7, 11) is 0. The normalized spacial score (nSPS) is 17.4. The summed E-state index contributed by atoms with van der Waals surface area (Å²) >= 11 is 9.27. The molecule has 0 radical (unpaired) electrons. The Hall–Kier alpha value is -0.920. The van der Waals surface area contributed by atoms with Gasteiger partial charge in [0.25, 0.3) is 0 Å². The molecular weight excluding hydrogens is 334 g/mol.